The van der Waals surface area contributed by atoms with Gasteiger partial charge in [-0.3, -0.25) is 0 Å². The fourth-order valence-corrected chi connectivity index (χ4v) is 2.62. The Morgan fingerprint density at radius 3 is 3.13 bits per heavy atom. The molecule has 2 aliphatic rings. The minimum Gasteiger partial charge on any atom is -0.384 e. The summed E-state index contributed by atoms with van der Waals surface area (Å²) in [5, 5.41) is 0. The molecule has 0 aromatic heterocycles. The monoisotopic (exact) mass is 214 g/mol. The van der Waals surface area contributed by atoms with Crippen molar-refractivity contribution < 1.29 is 9.47 Å². The molecule has 0 aromatic carbocycles. The van der Waals surface area contributed by atoms with Crippen LogP contribution in [0.4, 0.5) is 0 Å². The van der Waals surface area contributed by atoms with Gasteiger partial charge < -0.3 is 20.1 Å². The molecule has 0 spiro atoms. The van der Waals surface area contributed by atoms with Crippen LogP contribution < -0.4 is 5.73 Å². The van der Waals surface area contributed by atoms with Crippen LogP contribution in [-0.4, -0.2) is 57.0 Å². The fourth-order valence-electron chi connectivity index (χ4n) is 2.62. The lowest BCUT2D eigenvalue weighted by Crippen LogP contribution is -2.50. The Bertz CT molecular complexity index is 205. The molecule has 2 heterocycles. The highest BCUT2D eigenvalue weighted by Gasteiger charge is 2.34. The highest BCUT2D eigenvalue weighted by atomic mass is 16.5. The van der Waals surface area contributed by atoms with E-state index in [4.69, 9.17) is 15.2 Å². The summed E-state index contributed by atoms with van der Waals surface area (Å²) in [5.74, 6) is 0.695. The van der Waals surface area contributed by atoms with Crippen molar-refractivity contribution >= 4 is 0 Å². The van der Waals surface area contributed by atoms with Crippen molar-refractivity contribution in [2.24, 2.45) is 11.7 Å². The van der Waals surface area contributed by atoms with E-state index >= 15 is 0 Å². The zero-order valence-corrected chi connectivity index (χ0v) is 9.58. The van der Waals surface area contributed by atoms with Gasteiger partial charge in [0.2, 0.25) is 0 Å². The van der Waals surface area contributed by atoms with Gasteiger partial charge in [-0.15, -0.1) is 0 Å². The van der Waals surface area contributed by atoms with Gasteiger partial charge in [-0.25, -0.2) is 0 Å². The van der Waals surface area contributed by atoms with Crippen molar-refractivity contribution in [3.05, 3.63) is 0 Å². The second-order valence-electron chi connectivity index (χ2n) is 5.01. The van der Waals surface area contributed by atoms with E-state index in [0.717, 1.165) is 45.9 Å². The summed E-state index contributed by atoms with van der Waals surface area (Å²) in [4.78, 5) is 2.46. The summed E-state index contributed by atoms with van der Waals surface area (Å²) < 4.78 is 10.6. The summed E-state index contributed by atoms with van der Waals surface area (Å²) in [7, 11) is 1.78. The summed E-state index contributed by atoms with van der Waals surface area (Å²) in [5.41, 5.74) is 6.17. The van der Waals surface area contributed by atoms with Crippen LogP contribution in [0.25, 0.3) is 0 Å². The number of rotatable bonds is 4. The molecule has 4 nitrogen and oxygen atoms in total. The van der Waals surface area contributed by atoms with Crippen LogP contribution in [0.5, 0.6) is 0 Å². The number of likely N-dealkylation sites (tertiary alicyclic amines) is 1. The lowest BCUT2D eigenvalue weighted by molar-refractivity contribution is 0.142. The molecular formula is C11H22N2O2. The van der Waals surface area contributed by atoms with Crippen LogP contribution in [0, 0.1) is 5.92 Å². The van der Waals surface area contributed by atoms with Crippen LogP contribution in [0.1, 0.15) is 12.8 Å². The predicted molar refractivity (Wildman–Crippen MR) is 58.8 cm³/mol. The van der Waals surface area contributed by atoms with E-state index in [1.54, 1.807) is 7.11 Å². The molecule has 2 unspecified atom stereocenters. The number of hydrogen-bond donors (Lipinski definition) is 1. The summed E-state index contributed by atoms with van der Waals surface area (Å²) in [6.07, 6.45) is 2.24. The highest BCUT2D eigenvalue weighted by molar-refractivity contribution is 4.92. The van der Waals surface area contributed by atoms with E-state index in [0.29, 0.717) is 5.92 Å². The molecule has 0 amide bonds. The lowest BCUT2D eigenvalue weighted by atomic mass is 10.00. The van der Waals surface area contributed by atoms with E-state index in [9.17, 15) is 0 Å². The molecule has 2 N–H and O–H groups in total. The van der Waals surface area contributed by atoms with Crippen LogP contribution in [0.3, 0.4) is 0 Å². The van der Waals surface area contributed by atoms with Gasteiger partial charge >= 0.3 is 0 Å². The standard InChI is InChI=1S/C11H22N2O2/c1-14-7-10-2-4-13(6-10)8-11(12)3-5-15-9-11/h10H,2-9,12H2,1H3. The Morgan fingerprint density at radius 1 is 1.60 bits per heavy atom. The molecule has 88 valence electrons. The van der Waals surface area contributed by atoms with Gasteiger partial charge in [0, 0.05) is 26.8 Å². The second kappa shape index (κ2) is 4.78. The molecule has 2 fully saturated rings. The topological polar surface area (TPSA) is 47.7 Å². The zero-order valence-electron chi connectivity index (χ0n) is 9.58. The van der Waals surface area contributed by atoms with Crippen molar-refractivity contribution in [2.75, 3.05) is 46.6 Å². The molecule has 0 aliphatic carbocycles. The normalized spacial score (nSPS) is 37.6. The highest BCUT2D eigenvalue weighted by Crippen LogP contribution is 2.22. The first-order valence-electron chi connectivity index (χ1n) is 5.80. The Morgan fingerprint density at radius 2 is 2.47 bits per heavy atom. The third kappa shape index (κ3) is 2.91. The summed E-state index contributed by atoms with van der Waals surface area (Å²) in [6, 6.07) is 0. The van der Waals surface area contributed by atoms with Gasteiger partial charge in [0.15, 0.2) is 0 Å². The molecule has 15 heavy (non-hydrogen) atoms. The van der Waals surface area contributed by atoms with Gasteiger partial charge in [0.25, 0.3) is 0 Å². The van der Waals surface area contributed by atoms with Crippen molar-refractivity contribution in [1.29, 1.82) is 0 Å². The van der Waals surface area contributed by atoms with Crippen LogP contribution in [0.15, 0.2) is 0 Å². The first kappa shape index (κ1) is 11.3. The first-order chi connectivity index (χ1) is 7.22. The minimum atomic E-state index is -0.0953. The van der Waals surface area contributed by atoms with Gasteiger partial charge in [0.1, 0.15) is 0 Å². The smallest absolute Gasteiger partial charge is 0.0659 e. The summed E-state index contributed by atoms with van der Waals surface area (Å²) >= 11 is 0. The third-order valence-corrected chi connectivity index (χ3v) is 3.44. The summed E-state index contributed by atoms with van der Waals surface area (Å²) in [6.45, 7) is 5.70. The van der Waals surface area contributed by atoms with Crippen molar-refractivity contribution in [3.8, 4) is 0 Å². The van der Waals surface area contributed by atoms with E-state index in [1.807, 2.05) is 0 Å². The fraction of sp³-hybridized carbons (Fsp3) is 1.00. The average molecular weight is 214 g/mol. The molecule has 0 saturated carbocycles. The number of hydrogen-bond acceptors (Lipinski definition) is 4. The van der Waals surface area contributed by atoms with Gasteiger partial charge in [-0.2, -0.15) is 0 Å². The maximum Gasteiger partial charge on any atom is 0.0659 e. The van der Waals surface area contributed by atoms with E-state index in [-0.39, 0.29) is 5.54 Å². The molecule has 2 aliphatic heterocycles. The molecule has 0 bridgehead atoms. The molecule has 2 saturated heterocycles. The number of methoxy groups -OCH3 is 1. The predicted octanol–water partition coefficient (Wildman–Crippen LogP) is 0.0725. The van der Waals surface area contributed by atoms with Crippen molar-refractivity contribution in [1.82, 2.24) is 4.90 Å². The van der Waals surface area contributed by atoms with E-state index in [1.165, 1.54) is 6.42 Å². The Kier molecular flexibility index (Phi) is 3.61. The van der Waals surface area contributed by atoms with Crippen molar-refractivity contribution in [2.45, 2.75) is 18.4 Å². The Hall–Kier alpha value is -0.160. The lowest BCUT2D eigenvalue weighted by Gasteiger charge is -2.28. The van der Waals surface area contributed by atoms with Crippen LogP contribution >= 0.6 is 0 Å². The zero-order chi connectivity index (χ0) is 10.7. The van der Waals surface area contributed by atoms with Gasteiger partial charge in [0.05, 0.1) is 18.8 Å². The maximum absolute atomic E-state index is 6.26. The largest absolute Gasteiger partial charge is 0.384 e. The SMILES string of the molecule is COCC1CCN(CC2(N)CCOC2)C1. The van der Waals surface area contributed by atoms with Crippen LogP contribution in [-0.2, 0) is 9.47 Å². The average Bonchev–Trinajstić information content (AvgIpc) is 2.77. The Labute approximate surface area is 91.7 Å². The molecule has 0 radical (unpaired) electrons. The first-order valence-corrected chi connectivity index (χ1v) is 5.80. The second-order valence-corrected chi connectivity index (χ2v) is 5.01. The van der Waals surface area contributed by atoms with Crippen LogP contribution in [0.2, 0.25) is 0 Å². The molecule has 2 rings (SSSR count). The maximum atomic E-state index is 6.26. The quantitative estimate of drug-likeness (QED) is 0.719. The molecule has 0 aromatic rings. The van der Waals surface area contributed by atoms with Gasteiger partial charge in [-0.1, -0.05) is 0 Å². The third-order valence-electron chi connectivity index (χ3n) is 3.44. The molecule has 4 heteroatoms. The molecular weight excluding hydrogens is 192 g/mol. The Balaban J connectivity index is 1.76. The van der Waals surface area contributed by atoms with Gasteiger partial charge in [-0.05, 0) is 25.3 Å². The van der Waals surface area contributed by atoms with E-state index in [2.05, 4.69) is 4.90 Å². The number of nitrogens with two attached hydrogens (primary N) is 1. The van der Waals surface area contributed by atoms with E-state index < -0.39 is 0 Å². The molecule has 2 atom stereocenters. The number of ether oxygens (including phenoxy) is 2. The van der Waals surface area contributed by atoms with Crippen molar-refractivity contribution in [3.63, 3.8) is 0 Å². The number of nitrogens with zero attached hydrogens (tertiary/aromatic N) is 1. The minimum absolute atomic E-state index is 0.0953.